The average molecular weight is 301 g/mol. The van der Waals surface area contributed by atoms with Crippen LogP contribution in [0.3, 0.4) is 0 Å². The third-order valence-corrected chi connectivity index (χ3v) is 2.81. The van der Waals surface area contributed by atoms with E-state index < -0.39 is 12.0 Å². The normalized spacial score (nSPS) is 9.86. The summed E-state index contributed by atoms with van der Waals surface area (Å²) < 4.78 is 5.05. The molecule has 2 amide bonds. The first-order valence-electron chi connectivity index (χ1n) is 6.53. The summed E-state index contributed by atoms with van der Waals surface area (Å²) in [6.45, 7) is 0.285. The van der Waals surface area contributed by atoms with Crippen LogP contribution in [0.1, 0.15) is 21.6 Å². The van der Waals surface area contributed by atoms with Gasteiger partial charge in [-0.2, -0.15) is 0 Å². The van der Waals surface area contributed by atoms with E-state index in [1.165, 1.54) is 23.8 Å². The largest absolute Gasteiger partial charge is 0.445 e. The van der Waals surface area contributed by atoms with Gasteiger partial charge in [0.15, 0.2) is 0 Å². The van der Waals surface area contributed by atoms with Crippen LogP contribution in [0.5, 0.6) is 0 Å². The van der Waals surface area contributed by atoms with Gasteiger partial charge in [-0.25, -0.2) is 10.3 Å². The zero-order valence-corrected chi connectivity index (χ0v) is 11.7. The minimum absolute atomic E-state index is 0.111. The van der Waals surface area contributed by atoms with Crippen LogP contribution in [0.4, 0.5) is 4.79 Å². The summed E-state index contributed by atoms with van der Waals surface area (Å²) in [6, 6.07) is 12.2. The van der Waals surface area contributed by atoms with Gasteiger partial charge in [-0.15, -0.1) is 0 Å². The van der Waals surface area contributed by atoms with E-state index >= 15 is 0 Å². The number of pyridine rings is 1. The van der Waals surface area contributed by atoms with Gasteiger partial charge < -0.3 is 10.1 Å². The van der Waals surface area contributed by atoms with Gasteiger partial charge in [-0.3, -0.25) is 15.0 Å². The number of carbonyl (C=O) groups excluding carboxylic acids is 2. The van der Waals surface area contributed by atoms with Crippen molar-refractivity contribution in [2.45, 2.75) is 13.2 Å². The summed E-state index contributed by atoms with van der Waals surface area (Å²) in [6.07, 6.45) is 0.833. The molecule has 0 atom stereocenters. The summed E-state index contributed by atoms with van der Waals surface area (Å²) in [5, 5.41) is 11.1. The maximum Gasteiger partial charge on any atom is 0.407 e. The lowest BCUT2D eigenvalue weighted by atomic mass is 10.2. The Hall–Kier alpha value is -2.93. The molecule has 1 aromatic carbocycles. The molecule has 0 spiro atoms. The van der Waals surface area contributed by atoms with Gasteiger partial charge in [-0.1, -0.05) is 30.3 Å². The quantitative estimate of drug-likeness (QED) is 0.575. The lowest BCUT2D eigenvalue weighted by molar-refractivity contribution is 0.0706. The second-order valence-electron chi connectivity index (χ2n) is 4.39. The Labute approximate surface area is 126 Å². The van der Waals surface area contributed by atoms with Crippen molar-refractivity contribution in [3.05, 3.63) is 65.5 Å². The molecule has 7 nitrogen and oxygen atoms in total. The molecule has 0 aliphatic carbocycles. The number of benzene rings is 1. The van der Waals surface area contributed by atoms with Crippen LogP contribution >= 0.6 is 0 Å². The number of amides is 2. The van der Waals surface area contributed by atoms with E-state index in [1.807, 2.05) is 30.3 Å². The van der Waals surface area contributed by atoms with Gasteiger partial charge in [0.25, 0.3) is 5.91 Å². The van der Waals surface area contributed by atoms with Crippen molar-refractivity contribution in [2.24, 2.45) is 0 Å². The van der Waals surface area contributed by atoms with Gasteiger partial charge in [0.05, 0.1) is 12.2 Å². The zero-order chi connectivity index (χ0) is 15.8. The number of nitrogens with zero attached hydrogens (tertiary/aromatic N) is 1. The molecule has 1 heterocycles. The van der Waals surface area contributed by atoms with Crippen LogP contribution in [0.2, 0.25) is 0 Å². The fourth-order valence-corrected chi connectivity index (χ4v) is 1.72. The van der Waals surface area contributed by atoms with Crippen LogP contribution in [0.25, 0.3) is 0 Å². The number of rotatable bonds is 5. The monoisotopic (exact) mass is 301 g/mol. The fraction of sp³-hybridized carbons (Fsp3) is 0.133. The molecular formula is C15H15N3O4. The minimum Gasteiger partial charge on any atom is -0.445 e. The van der Waals surface area contributed by atoms with E-state index in [0.717, 1.165) is 5.56 Å². The number of alkyl carbamates (subject to hydrolysis) is 1. The molecule has 0 fully saturated rings. The van der Waals surface area contributed by atoms with Gasteiger partial charge in [-0.05, 0) is 17.7 Å². The molecule has 0 aliphatic rings. The molecule has 0 saturated heterocycles. The third kappa shape index (κ3) is 4.57. The van der Waals surface area contributed by atoms with Crippen molar-refractivity contribution >= 4 is 12.0 Å². The topological polar surface area (TPSA) is 101 Å². The van der Waals surface area contributed by atoms with Crippen molar-refractivity contribution in [1.82, 2.24) is 15.8 Å². The van der Waals surface area contributed by atoms with Crippen molar-refractivity contribution in [1.29, 1.82) is 0 Å². The Balaban J connectivity index is 1.82. The molecule has 0 radical (unpaired) electrons. The highest BCUT2D eigenvalue weighted by molar-refractivity contribution is 5.93. The lowest BCUT2D eigenvalue weighted by Gasteiger charge is -2.07. The van der Waals surface area contributed by atoms with Crippen LogP contribution in [0, 0.1) is 0 Å². The van der Waals surface area contributed by atoms with Gasteiger partial charge in [0.2, 0.25) is 0 Å². The maximum absolute atomic E-state index is 11.6. The van der Waals surface area contributed by atoms with Crippen molar-refractivity contribution in [3.8, 4) is 0 Å². The number of carbonyl (C=O) groups is 2. The predicted molar refractivity (Wildman–Crippen MR) is 77.0 cm³/mol. The summed E-state index contributed by atoms with van der Waals surface area (Å²) in [5.74, 6) is -0.643. The fourth-order valence-electron chi connectivity index (χ4n) is 1.72. The van der Waals surface area contributed by atoms with E-state index in [-0.39, 0.29) is 18.7 Å². The summed E-state index contributed by atoms with van der Waals surface area (Å²) in [7, 11) is 0. The van der Waals surface area contributed by atoms with Gasteiger partial charge in [0, 0.05) is 11.8 Å². The van der Waals surface area contributed by atoms with Crippen molar-refractivity contribution in [2.75, 3.05) is 0 Å². The smallest absolute Gasteiger partial charge is 0.407 e. The number of aromatic nitrogens is 1. The van der Waals surface area contributed by atoms with E-state index in [2.05, 4.69) is 10.3 Å². The molecule has 7 heteroatoms. The number of ether oxygens (including phenoxy) is 1. The molecule has 3 N–H and O–H groups in total. The Morgan fingerprint density at radius 1 is 1.18 bits per heavy atom. The predicted octanol–water partition coefficient (Wildman–Crippen LogP) is 1.63. The van der Waals surface area contributed by atoms with E-state index in [0.29, 0.717) is 5.69 Å². The first kappa shape index (κ1) is 15.5. The van der Waals surface area contributed by atoms with Crippen LogP contribution in [0.15, 0.2) is 48.7 Å². The molecule has 1 aromatic heterocycles. The van der Waals surface area contributed by atoms with Crippen LogP contribution < -0.4 is 10.8 Å². The van der Waals surface area contributed by atoms with Crippen LogP contribution in [-0.4, -0.2) is 22.2 Å². The van der Waals surface area contributed by atoms with Gasteiger partial charge >= 0.3 is 6.09 Å². The molecule has 2 aromatic rings. The highest BCUT2D eigenvalue weighted by atomic mass is 16.5. The molecule has 2 rings (SSSR count). The Kier molecular flexibility index (Phi) is 5.44. The van der Waals surface area contributed by atoms with Crippen molar-refractivity contribution in [3.63, 3.8) is 0 Å². The molecule has 0 saturated carbocycles. The number of hydrogen-bond donors (Lipinski definition) is 3. The zero-order valence-electron chi connectivity index (χ0n) is 11.7. The molecular weight excluding hydrogens is 286 g/mol. The summed E-state index contributed by atoms with van der Waals surface area (Å²) >= 11 is 0. The highest BCUT2D eigenvalue weighted by Crippen LogP contribution is 2.03. The Bertz CT molecular complexity index is 646. The van der Waals surface area contributed by atoms with E-state index in [4.69, 9.17) is 9.94 Å². The molecule has 114 valence electrons. The minimum atomic E-state index is -0.643. The average Bonchev–Trinajstić information content (AvgIpc) is 2.58. The number of hydrogen-bond acceptors (Lipinski definition) is 5. The first-order valence-corrected chi connectivity index (χ1v) is 6.53. The molecule has 0 bridgehead atoms. The van der Waals surface area contributed by atoms with Gasteiger partial charge in [0.1, 0.15) is 6.61 Å². The highest BCUT2D eigenvalue weighted by Gasteiger charge is 2.07. The van der Waals surface area contributed by atoms with Crippen molar-refractivity contribution < 1.29 is 19.5 Å². The first-order chi connectivity index (χ1) is 10.7. The Morgan fingerprint density at radius 2 is 1.95 bits per heavy atom. The lowest BCUT2D eigenvalue weighted by Crippen LogP contribution is -2.24. The third-order valence-electron chi connectivity index (χ3n) is 2.81. The number of hydroxylamine groups is 1. The number of nitrogens with one attached hydrogen (secondary N) is 2. The summed E-state index contributed by atoms with van der Waals surface area (Å²) in [4.78, 5) is 26.9. The maximum atomic E-state index is 11.6. The SMILES string of the molecule is O=C(NCc1cc(C(=O)NO)ccn1)OCc1ccccc1. The summed E-state index contributed by atoms with van der Waals surface area (Å²) in [5.41, 5.74) is 3.13. The van der Waals surface area contributed by atoms with E-state index in [1.54, 1.807) is 0 Å². The second kappa shape index (κ2) is 7.75. The second-order valence-corrected chi connectivity index (χ2v) is 4.39. The van der Waals surface area contributed by atoms with Crippen LogP contribution in [-0.2, 0) is 17.9 Å². The molecule has 22 heavy (non-hydrogen) atoms. The Morgan fingerprint density at radius 3 is 2.68 bits per heavy atom. The standard InChI is InChI=1S/C15H15N3O4/c19-14(18-21)12-6-7-16-13(8-12)9-17-15(20)22-10-11-4-2-1-3-5-11/h1-8,21H,9-10H2,(H,17,20)(H,18,19). The molecule has 0 aliphatic heterocycles. The van der Waals surface area contributed by atoms with E-state index in [9.17, 15) is 9.59 Å². The molecule has 0 unspecified atom stereocenters.